The van der Waals surface area contributed by atoms with E-state index in [-0.39, 0.29) is 30.1 Å². The van der Waals surface area contributed by atoms with Crippen molar-refractivity contribution >= 4 is 34.1 Å². The highest BCUT2D eigenvalue weighted by atomic mass is 32.1. The van der Waals surface area contributed by atoms with Crippen LogP contribution in [0.1, 0.15) is 20.8 Å². The quantitative estimate of drug-likeness (QED) is 0.654. The molecular formula is C23H25N3O4S. The fourth-order valence-corrected chi connectivity index (χ4v) is 5.12. The summed E-state index contributed by atoms with van der Waals surface area (Å²) in [6.07, 6.45) is 1.92. The minimum Gasteiger partial charge on any atom is -0.371 e. The molecule has 2 saturated heterocycles. The number of rotatable bonds is 4. The van der Waals surface area contributed by atoms with Gasteiger partial charge in [0, 0.05) is 30.2 Å². The van der Waals surface area contributed by atoms with Crippen molar-refractivity contribution in [3.8, 4) is 0 Å². The van der Waals surface area contributed by atoms with E-state index in [0.717, 1.165) is 26.9 Å². The van der Waals surface area contributed by atoms with E-state index >= 15 is 0 Å². The molecule has 0 radical (unpaired) electrons. The van der Waals surface area contributed by atoms with Gasteiger partial charge in [0.05, 0.1) is 30.6 Å². The molecule has 162 valence electrons. The SMILES string of the molecule is Cc1ccsc1C(=O)NC1CO[C@H]2CN(C(=O)Cc3c[nH]c4ccccc34)C[C@@H]2OC1. The average Bonchev–Trinajstić information content (AvgIpc) is 3.46. The highest BCUT2D eigenvalue weighted by molar-refractivity contribution is 7.12. The van der Waals surface area contributed by atoms with Gasteiger partial charge in [0.25, 0.3) is 5.91 Å². The van der Waals surface area contributed by atoms with E-state index in [0.29, 0.717) is 32.7 Å². The largest absolute Gasteiger partial charge is 0.371 e. The molecule has 2 aliphatic heterocycles. The van der Waals surface area contributed by atoms with Crippen molar-refractivity contribution in [1.29, 1.82) is 0 Å². The second-order valence-corrected chi connectivity index (χ2v) is 9.10. The molecule has 8 heteroatoms. The number of H-pyrrole nitrogens is 1. The van der Waals surface area contributed by atoms with Crippen molar-refractivity contribution in [2.45, 2.75) is 31.6 Å². The zero-order valence-electron chi connectivity index (χ0n) is 17.3. The fourth-order valence-electron chi connectivity index (χ4n) is 4.29. The summed E-state index contributed by atoms with van der Waals surface area (Å²) in [7, 11) is 0. The van der Waals surface area contributed by atoms with E-state index < -0.39 is 0 Å². The number of fused-ring (bicyclic) bond motifs is 2. The number of nitrogens with zero attached hydrogens (tertiary/aromatic N) is 1. The number of amides is 2. The first kappa shape index (κ1) is 20.2. The fraction of sp³-hybridized carbons (Fsp3) is 0.391. The van der Waals surface area contributed by atoms with Gasteiger partial charge < -0.3 is 24.7 Å². The second kappa shape index (κ2) is 8.45. The molecule has 4 heterocycles. The Bertz CT molecular complexity index is 1090. The van der Waals surface area contributed by atoms with Crippen LogP contribution in [-0.2, 0) is 20.7 Å². The third-order valence-electron chi connectivity index (χ3n) is 6.01. The van der Waals surface area contributed by atoms with Crippen LogP contribution in [0.25, 0.3) is 10.9 Å². The van der Waals surface area contributed by atoms with Crippen molar-refractivity contribution in [3.63, 3.8) is 0 Å². The summed E-state index contributed by atoms with van der Waals surface area (Å²) in [6, 6.07) is 9.73. The number of aromatic amines is 1. The molecule has 3 aromatic rings. The Hall–Kier alpha value is -2.68. The summed E-state index contributed by atoms with van der Waals surface area (Å²) < 4.78 is 12.1. The van der Waals surface area contributed by atoms with Crippen LogP contribution in [0.15, 0.2) is 41.9 Å². The number of carbonyl (C=O) groups excluding carboxylic acids is 2. The van der Waals surface area contributed by atoms with E-state index in [1.54, 1.807) is 0 Å². The van der Waals surface area contributed by atoms with E-state index in [1.165, 1.54) is 11.3 Å². The van der Waals surface area contributed by atoms with Gasteiger partial charge in [-0.25, -0.2) is 0 Å². The predicted octanol–water partition coefficient (Wildman–Crippen LogP) is 2.51. The van der Waals surface area contributed by atoms with E-state index in [2.05, 4.69) is 10.3 Å². The Morgan fingerprint density at radius 2 is 1.90 bits per heavy atom. The number of benzene rings is 1. The number of thiophene rings is 1. The third kappa shape index (κ3) is 4.11. The molecule has 0 bridgehead atoms. The van der Waals surface area contributed by atoms with E-state index in [1.807, 2.05) is 53.7 Å². The number of nitrogens with one attached hydrogen (secondary N) is 2. The lowest BCUT2D eigenvalue weighted by Gasteiger charge is -2.19. The molecule has 2 fully saturated rings. The summed E-state index contributed by atoms with van der Waals surface area (Å²) in [6.45, 7) is 3.70. The number of hydrogen-bond acceptors (Lipinski definition) is 5. The van der Waals surface area contributed by atoms with Crippen molar-refractivity contribution in [1.82, 2.24) is 15.2 Å². The summed E-state index contributed by atoms with van der Waals surface area (Å²) in [5, 5.41) is 6.00. The Morgan fingerprint density at radius 1 is 1.16 bits per heavy atom. The van der Waals surface area contributed by atoms with Crippen LogP contribution in [0.4, 0.5) is 0 Å². The smallest absolute Gasteiger partial charge is 0.261 e. The number of ether oxygens (including phenoxy) is 2. The first-order valence-corrected chi connectivity index (χ1v) is 11.4. The summed E-state index contributed by atoms with van der Waals surface area (Å²) >= 11 is 1.43. The molecule has 7 nitrogen and oxygen atoms in total. The number of aryl methyl sites for hydroxylation is 1. The van der Waals surface area contributed by atoms with Crippen LogP contribution in [0, 0.1) is 6.92 Å². The van der Waals surface area contributed by atoms with Crippen LogP contribution in [-0.4, -0.2) is 66.3 Å². The minimum absolute atomic E-state index is 0.0723. The van der Waals surface area contributed by atoms with Crippen LogP contribution in [0.3, 0.4) is 0 Å². The van der Waals surface area contributed by atoms with Crippen molar-refractivity contribution in [2.75, 3.05) is 26.3 Å². The summed E-state index contributed by atoms with van der Waals surface area (Å²) in [5.74, 6) is -0.0182. The normalized spacial score (nSPS) is 21.8. The maximum atomic E-state index is 12.9. The average molecular weight is 440 g/mol. The van der Waals surface area contributed by atoms with E-state index in [4.69, 9.17) is 9.47 Å². The molecule has 2 atom stereocenters. The Balaban J connectivity index is 1.16. The lowest BCUT2D eigenvalue weighted by Crippen LogP contribution is -2.41. The van der Waals surface area contributed by atoms with Gasteiger partial charge in [-0.2, -0.15) is 0 Å². The standard InChI is InChI=1S/C23H25N3O4S/c1-14-6-7-31-22(14)23(28)25-16-12-29-19-10-26(11-20(19)30-13-16)21(27)8-15-9-24-18-5-3-2-4-17(15)18/h2-7,9,16,19-20,24H,8,10-13H2,1H3,(H,25,28)/t19-,20-/m0/s1. The lowest BCUT2D eigenvalue weighted by molar-refractivity contribution is -0.130. The van der Waals surface area contributed by atoms with Crippen LogP contribution in [0.5, 0.6) is 0 Å². The maximum absolute atomic E-state index is 12.9. The zero-order valence-corrected chi connectivity index (χ0v) is 18.1. The predicted molar refractivity (Wildman–Crippen MR) is 118 cm³/mol. The van der Waals surface area contributed by atoms with Crippen LogP contribution >= 0.6 is 11.3 Å². The number of hydrogen-bond donors (Lipinski definition) is 2. The molecule has 1 aromatic carbocycles. The molecule has 2 aliphatic rings. The molecule has 0 spiro atoms. The van der Waals surface area contributed by atoms with Gasteiger partial charge in [-0.05, 0) is 35.6 Å². The molecule has 2 amide bonds. The van der Waals surface area contributed by atoms with Crippen LogP contribution in [0.2, 0.25) is 0 Å². The Kier molecular flexibility index (Phi) is 5.52. The van der Waals surface area contributed by atoms with Crippen molar-refractivity contribution < 1.29 is 19.1 Å². The molecular weight excluding hydrogens is 414 g/mol. The first-order chi connectivity index (χ1) is 15.1. The van der Waals surface area contributed by atoms with Crippen molar-refractivity contribution in [3.05, 3.63) is 57.9 Å². The van der Waals surface area contributed by atoms with Gasteiger partial charge in [0.15, 0.2) is 0 Å². The van der Waals surface area contributed by atoms with E-state index in [9.17, 15) is 9.59 Å². The molecule has 2 aromatic heterocycles. The van der Waals surface area contributed by atoms with Gasteiger partial charge in [0.1, 0.15) is 12.2 Å². The van der Waals surface area contributed by atoms with Crippen molar-refractivity contribution in [2.24, 2.45) is 0 Å². The molecule has 2 N–H and O–H groups in total. The highest BCUT2D eigenvalue weighted by Gasteiger charge is 2.39. The summed E-state index contributed by atoms with van der Waals surface area (Å²) in [5.41, 5.74) is 3.01. The monoisotopic (exact) mass is 439 g/mol. The van der Waals surface area contributed by atoms with Gasteiger partial charge in [0.2, 0.25) is 5.91 Å². The Labute approximate surface area is 184 Å². The third-order valence-corrected chi connectivity index (χ3v) is 7.03. The molecule has 0 unspecified atom stereocenters. The number of likely N-dealkylation sites (tertiary alicyclic amines) is 1. The summed E-state index contributed by atoms with van der Waals surface area (Å²) in [4.78, 5) is 31.1. The molecule has 5 rings (SSSR count). The zero-order chi connectivity index (χ0) is 21.4. The number of carbonyl (C=O) groups is 2. The number of aromatic nitrogens is 1. The van der Waals surface area contributed by atoms with Crippen LogP contribution < -0.4 is 5.32 Å². The minimum atomic E-state index is -0.199. The molecule has 31 heavy (non-hydrogen) atoms. The van der Waals surface area contributed by atoms with Gasteiger partial charge in [-0.15, -0.1) is 11.3 Å². The van der Waals surface area contributed by atoms with Gasteiger partial charge >= 0.3 is 0 Å². The topological polar surface area (TPSA) is 83.7 Å². The maximum Gasteiger partial charge on any atom is 0.261 e. The molecule has 0 aliphatic carbocycles. The Morgan fingerprint density at radius 3 is 2.61 bits per heavy atom. The second-order valence-electron chi connectivity index (χ2n) is 8.18. The molecule has 0 saturated carbocycles. The van der Waals surface area contributed by atoms with Gasteiger partial charge in [-0.3, -0.25) is 9.59 Å². The highest BCUT2D eigenvalue weighted by Crippen LogP contribution is 2.24. The number of para-hydroxylation sites is 1. The first-order valence-electron chi connectivity index (χ1n) is 10.5. The lowest BCUT2D eigenvalue weighted by atomic mass is 10.1. The van der Waals surface area contributed by atoms with Gasteiger partial charge in [-0.1, -0.05) is 18.2 Å².